The summed E-state index contributed by atoms with van der Waals surface area (Å²) >= 11 is 0. The quantitative estimate of drug-likeness (QED) is 0.594. The Morgan fingerprint density at radius 3 is 2.62 bits per heavy atom. The van der Waals surface area contributed by atoms with E-state index in [9.17, 15) is 9.59 Å². The van der Waals surface area contributed by atoms with E-state index in [1.54, 1.807) is 55.8 Å². The highest BCUT2D eigenvalue weighted by molar-refractivity contribution is 6.13. The normalized spacial score (nSPS) is 10.8. The van der Waals surface area contributed by atoms with Gasteiger partial charge in [-0.05, 0) is 30.3 Å². The number of methoxy groups -OCH3 is 1. The number of aromatic nitrogens is 3. The Bertz CT molecular complexity index is 1200. The Hall–Kier alpha value is -3.74. The van der Waals surface area contributed by atoms with Crippen LogP contribution in [0.1, 0.15) is 10.5 Å². The van der Waals surface area contributed by atoms with Gasteiger partial charge in [-0.1, -0.05) is 18.2 Å². The van der Waals surface area contributed by atoms with Gasteiger partial charge in [0.05, 0.1) is 18.2 Å². The highest BCUT2D eigenvalue weighted by Crippen LogP contribution is 2.30. The first-order valence-corrected chi connectivity index (χ1v) is 7.89. The molecule has 0 unspecified atom stereocenters. The Kier molecular flexibility index (Phi) is 3.81. The van der Waals surface area contributed by atoms with Crippen molar-refractivity contribution in [2.75, 3.05) is 12.4 Å². The summed E-state index contributed by atoms with van der Waals surface area (Å²) in [6.45, 7) is 0. The summed E-state index contributed by atoms with van der Waals surface area (Å²) in [5.41, 5.74) is 1.03. The van der Waals surface area contributed by atoms with Crippen molar-refractivity contribution in [3.63, 3.8) is 0 Å². The van der Waals surface area contributed by atoms with E-state index in [2.05, 4.69) is 20.5 Å². The number of fused-ring (bicyclic) bond motifs is 2. The van der Waals surface area contributed by atoms with Crippen LogP contribution < -0.4 is 15.6 Å². The maximum atomic E-state index is 12.8. The van der Waals surface area contributed by atoms with Crippen LogP contribution in [0, 0.1) is 0 Å². The van der Waals surface area contributed by atoms with Crippen LogP contribution in [0.4, 0.5) is 5.69 Å². The van der Waals surface area contributed by atoms with Crippen molar-refractivity contribution in [1.82, 2.24) is 15.2 Å². The van der Waals surface area contributed by atoms with E-state index in [-0.39, 0.29) is 11.3 Å². The number of nitrogens with zero attached hydrogens (tertiary/aromatic N) is 2. The molecule has 7 nitrogen and oxygen atoms in total. The van der Waals surface area contributed by atoms with Gasteiger partial charge in [-0.3, -0.25) is 14.6 Å². The fraction of sp³-hybridized carbons (Fsp3) is 0.0526. The number of hydrogen-bond donors (Lipinski definition) is 2. The van der Waals surface area contributed by atoms with Crippen molar-refractivity contribution < 1.29 is 9.53 Å². The number of rotatable bonds is 3. The van der Waals surface area contributed by atoms with E-state index >= 15 is 0 Å². The molecule has 0 aliphatic carbocycles. The molecule has 0 fully saturated rings. The molecule has 0 saturated carbocycles. The molecule has 7 heteroatoms. The van der Waals surface area contributed by atoms with Crippen molar-refractivity contribution in [2.45, 2.75) is 0 Å². The van der Waals surface area contributed by atoms with Crippen LogP contribution in [0.2, 0.25) is 0 Å². The lowest BCUT2D eigenvalue weighted by atomic mass is 10.1. The lowest BCUT2D eigenvalue weighted by Gasteiger charge is -2.11. The second kappa shape index (κ2) is 6.29. The SMILES string of the molecule is COc1ccc(NC(=O)c2n[nH]c(=O)c3ccccc23)c2cccnc12. The standard InChI is InChI=1S/C19H14N4O3/c1-26-15-9-8-14(13-7-4-10-20-16(13)15)21-19(25)17-11-5-2-3-6-12(11)18(24)23-22-17/h2-10H,1H3,(H,21,25)(H,23,24). The molecule has 4 aromatic rings. The van der Waals surface area contributed by atoms with Crippen LogP contribution in [0.3, 0.4) is 0 Å². The maximum Gasteiger partial charge on any atom is 0.276 e. The molecule has 4 rings (SSSR count). The minimum absolute atomic E-state index is 0.146. The van der Waals surface area contributed by atoms with Gasteiger partial charge in [-0.2, -0.15) is 5.10 Å². The molecule has 2 aromatic heterocycles. The first-order chi connectivity index (χ1) is 12.7. The number of nitrogens with one attached hydrogen (secondary N) is 2. The number of aromatic amines is 1. The summed E-state index contributed by atoms with van der Waals surface area (Å²) in [6.07, 6.45) is 1.66. The Morgan fingerprint density at radius 2 is 1.81 bits per heavy atom. The van der Waals surface area contributed by atoms with E-state index in [4.69, 9.17) is 4.74 Å². The topological polar surface area (TPSA) is 97.0 Å². The van der Waals surface area contributed by atoms with Crippen LogP contribution >= 0.6 is 0 Å². The summed E-state index contributed by atoms with van der Waals surface area (Å²) in [7, 11) is 1.57. The minimum atomic E-state index is -0.423. The number of amides is 1. The number of hydrogen-bond acceptors (Lipinski definition) is 5. The molecular weight excluding hydrogens is 332 g/mol. The first kappa shape index (κ1) is 15.8. The summed E-state index contributed by atoms with van der Waals surface area (Å²) in [5, 5.41) is 10.8. The summed E-state index contributed by atoms with van der Waals surface area (Å²) in [6, 6.07) is 14.0. The zero-order valence-corrected chi connectivity index (χ0v) is 13.8. The molecule has 0 aliphatic rings. The summed E-state index contributed by atoms with van der Waals surface area (Å²) in [4.78, 5) is 29.0. The van der Waals surface area contributed by atoms with Crippen LogP contribution in [0.15, 0.2) is 59.5 Å². The van der Waals surface area contributed by atoms with Crippen molar-refractivity contribution in [3.8, 4) is 5.75 Å². The molecule has 1 amide bonds. The molecule has 2 aromatic carbocycles. The van der Waals surface area contributed by atoms with Gasteiger partial charge < -0.3 is 10.1 Å². The number of anilines is 1. The highest BCUT2D eigenvalue weighted by Gasteiger charge is 2.16. The van der Waals surface area contributed by atoms with Gasteiger partial charge in [-0.15, -0.1) is 0 Å². The molecule has 0 spiro atoms. The van der Waals surface area contributed by atoms with Crippen LogP contribution in [-0.2, 0) is 0 Å². The van der Waals surface area contributed by atoms with Gasteiger partial charge in [0.2, 0.25) is 0 Å². The van der Waals surface area contributed by atoms with Crippen LogP contribution in [0.5, 0.6) is 5.75 Å². The third kappa shape index (κ3) is 2.55. The number of carbonyl (C=O) groups excluding carboxylic acids is 1. The molecule has 0 saturated heterocycles. The van der Waals surface area contributed by atoms with Crippen LogP contribution in [-0.4, -0.2) is 28.2 Å². The van der Waals surface area contributed by atoms with E-state index in [1.807, 2.05) is 6.07 Å². The fourth-order valence-corrected chi connectivity index (χ4v) is 2.89. The zero-order chi connectivity index (χ0) is 18.1. The smallest absolute Gasteiger partial charge is 0.276 e. The first-order valence-electron chi connectivity index (χ1n) is 7.89. The largest absolute Gasteiger partial charge is 0.494 e. The summed E-state index contributed by atoms with van der Waals surface area (Å²) in [5.74, 6) is 0.194. The minimum Gasteiger partial charge on any atom is -0.494 e. The molecular formula is C19H14N4O3. The molecule has 0 bridgehead atoms. The molecule has 128 valence electrons. The van der Waals surface area contributed by atoms with E-state index in [0.717, 1.165) is 5.39 Å². The molecule has 0 atom stereocenters. The Labute approximate surface area is 147 Å². The van der Waals surface area contributed by atoms with Crippen molar-refractivity contribution in [3.05, 3.63) is 70.8 Å². The van der Waals surface area contributed by atoms with Crippen molar-refractivity contribution in [2.24, 2.45) is 0 Å². The second-order valence-electron chi connectivity index (χ2n) is 5.62. The van der Waals surface area contributed by atoms with Gasteiger partial charge >= 0.3 is 0 Å². The molecule has 0 radical (unpaired) electrons. The van der Waals surface area contributed by atoms with Gasteiger partial charge in [-0.25, -0.2) is 5.10 Å². The Balaban J connectivity index is 1.80. The van der Waals surface area contributed by atoms with Gasteiger partial charge in [0.1, 0.15) is 11.3 Å². The van der Waals surface area contributed by atoms with Crippen LogP contribution in [0.25, 0.3) is 21.7 Å². The predicted octanol–water partition coefficient (Wildman–Crippen LogP) is 2.73. The van der Waals surface area contributed by atoms with E-state index < -0.39 is 5.91 Å². The number of benzene rings is 2. The monoisotopic (exact) mass is 346 g/mol. The highest BCUT2D eigenvalue weighted by atomic mass is 16.5. The van der Waals surface area contributed by atoms with Gasteiger partial charge in [0.15, 0.2) is 5.69 Å². The average Bonchev–Trinajstić information content (AvgIpc) is 2.68. The lowest BCUT2D eigenvalue weighted by molar-refractivity contribution is 0.102. The zero-order valence-electron chi connectivity index (χ0n) is 13.8. The number of H-pyrrole nitrogens is 1. The Morgan fingerprint density at radius 1 is 1.04 bits per heavy atom. The van der Waals surface area contributed by atoms with Gasteiger partial charge in [0, 0.05) is 17.0 Å². The van der Waals surface area contributed by atoms with Crippen molar-refractivity contribution >= 4 is 33.3 Å². The number of ether oxygens (including phenoxy) is 1. The van der Waals surface area contributed by atoms with E-state index in [0.29, 0.717) is 27.7 Å². The van der Waals surface area contributed by atoms with E-state index in [1.165, 1.54) is 0 Å². The van der Waals surface area contributed by atoms with Crippen molar-refractivity contribution in [1.29, 1.82) is 0 Å². The predicted molar refractivity (Wildman–Crippen MR) is 98.6 cm³/mol. The number of pyridine rings is 1. The molecule has 2 N–H and O–H groups in total. The summed E-state index contributed by atoms with van der Waals surface area (Å²) < 4.78 is 5.32. The molecule has 26 heavy (non-hydrogen) atoms. The number of carbonyl (C=O) groups is 1. The lowest BCUT2D eigenvalue weighted by Crippen LogP contribution is -2.19. The average molecular weight is 346 g/mol. The van der Waals surface area contributed by atoms with Gasteiger partial charge in [0.25, 0.3) is 11.5 Å². The molecule has 0 aliphatic heterocycles. The maximum absolute atomic E-state index is 12.8. The third-order valence-electron chi connectivity index (χ3n) is 4.11. The third-order valence-corrected chi connectivity index (χ3v) is 4.11. The second-order valence-corrected chi connectivity index (χ2v) is 5.62. The molecule has 2 heterocycles. The fourth-order valence-electron chi connectivity index (χ4n) is 2.89.